The van der Waals surface area contributed by atoms with Crippen molar-refractivity contribution in [1.82, 2.24) is 0 Å². The van der Waals surface area contributed by atoms with Crippen molar-refractivity contribution in [3.63, 3.8) is 0 Å². The second-order valence-corrected chi connectivity index (χ2v) is 6.80. The van der Waals surface area contributed by atoms with Crippen molar-refractivity contribution in [1.29, 1.82) is 0 Å². The van der Waals surface area contributed by atoms with Crippen LogP contribution in [0.3, 0.4) is 0 Å². The molecule has 0 heterocycles. The van der Waals surface area contributed by atoms with Crippen molar-refractivity contribution in [3.8, 4) is 0 Å². The third kappa shape index (κ3) is 3.16. The number of hydrogen-bond acceptors (Lipinski definition) is 0. The smallest absolute Gasteiger partial charge is 0.129 e. The molecule has 0 nitrogen and oxygen atoms in total. The van der Waals surface area contributed by atoms with Crippen LogP contribution in [0.25, 0.3) is 0 Å². The standard InChI is InChI=1S/C13H7Br3ClF/c14-8-3-1-2-7(4-8)13(16)9-5-11(17)10(15)6-12(9)18/h1-6,13H. The Kier molecular flexibility index (Phi) is 4.86. The molecule has 0 fully saturated rings. The van der Waals surface area contributed by atoms with E-state index in [1.54, 1.807) is 6.07 Å². The summed E-state index contributed by atoms with van der Waals surface area (Å²) >= 11 is 16.1. The van der Waals surface area contributed by atoms with Crippen LogP contribution in [-0.4, -0.2) is 0 Å². The summed E-state index contributed by atoms with van der Waals surface area (Å²) in [5.74, 6) is -0.298. The Morgan fingerprint density at radius 3 is 2.50 bits per heavy atom. The molecule has 5 heteroatoms. The summed E-state index contributed by atoms with van der Waals surface area (Å²) in [5.41, 5.74) is 1.47. The quantitative estimate of drug-likeness (QED) is 0.357. The van der Waals surface area contributed by atoms with Gasteiger partial charge in [-0.3, -0.25) is 0 Å². The third-order valence-corrected chi connectivity index (χ3v) is 5.17. The zero-order valence-corrected chi connectivity index (χ0v) is 14.4. The Labute approximate surface area is 135 Å². The minimum absolute atomic E-state index is 0.236. The maximum atomic E-state index is 13.9. The first-order valence-corrected chi connectivity index (χ1v) is 7.91. The lowest BCUT2D eigenvalue weighted by Gasteiger charge is -2.13. The number of benzene rings is 2. The molecule has 2 aromatic rings. The first kappa shape index (κ1) is 14.5. The molecular formula is C13H7Br3ClF. The molecule has 1 unspecified atom stereocenters. The summed E-state index contributed by atoms with van der Waals surface area (Å²) < 4.78 is 15.4. The lowest BCUT2D eigenvalue weighted by atomic mass is 10.0. The van der Waals surface area contributed by atoms with Crippen LogP contribution in [0.5, 0.6) is 0 Å². The number of halogens is 5. The van der Waals surface area contributed by atoms with Crippen molar-refractivity contribution in [2.75, 3.05) is 0 Å². The number of alkyl halides is 1. The zero-order valence-electron chi connectivity index (χ0n) is 8.93. The van der Waals surface area contributed by atoms with Gasteiger partial charge in [-0.05, 0) is 45.8 Å². The predicted octanol–water partition coefficient (Wildman–Crippen LogP) is 6.49. The highest BCUT2D eigenvalue weighted by Crippen LogP contribution is 2.37. The molecule has 0 spiro atoms. The van der Waals surface area contributed by atoms with E-state index in [2.05, 4.69) is 47.8 Å². The van der Waals surface area contributed by atoms with E-state index in [0.29, 0.717) is 15.1 Å². The van der Waals surface area contributed by atoms with Crippen molar-refractivity contribution in [2.45, 2.75) is 4.83 Å². The normalized spacial score (nSPS) is 12.5. The van der Waals surface area contributed by atoms with E-state index >= 15 is 0 Å². The third-order valence-electron chi connectivity index (χ3n) is 2.45. The highest BCUT2D eigenvalue weighted by Gasteiger charge is 2.17. The van der Waals surface area contributed by atoms with Crippen LogP contribution >= 0.6 is 59.4 Å². The predicted molar refractivity (Wildman–Crippen MR) is 84.0 cm³/mol. The topological polar surface area (TPSA) is 0 Å². The lowest BCUT2D eigenvalue weighted by molar-refractivity contribution is 0.612. The van der Waals surface area contributed by atoms with E-state index in [1.807, 2.05) is 24.3 Å². The molecule has 0 aliphatic heterocycles. The summed E-state index contributed by atoms with van der Waals surface area (Å²) in [6, 6.07) is 10.7. The van der Waals surface area contributed by atoms with Gasteiger partial charge in [-0.2, -0.15) is 0 Å². The fourth-order valence-electron chi connectivity index (χ4n) is 1.58. The molecule has 0 aliphatic carbocycles. The van der Waals surface area contributed by atoms with Gasteiger partial charge in [0.2, 0.25) is 0 Å². The summed E-state index contributed by atoms with van der Waals surface area (Å²) in [4.78, 5) is -0.236. The first-order valence-electron chi connectivity index (χ1n) is 5.03. The maximum Gasteiger partial charge on any atom is 0.129 e. The second kappa shape index (κ2) is 6.04. The van der Waals surface area contributed by atoms with Gasteiger partial charge in [-0.25, -0.2) is 4.39 Å². The van der Waals surface area contributed by atoms with E-state index in [-0.39, 0.29) is 10.6 Å². The van der Waals surface area contributed by atoms with E-state index in [4.69, 9.17) is 11.6 Å². The molecule has 0 saturated heterocycles. The fourth-order valence-corrected chi connectivity index (χ4v) is 3.12. The van der Waals surface area contributed by atoms with Gasteiger partial charge >= 0.3 is 0 Å². The number of rotatable bonds is 2. The fraction of sp³-hybridized carbons (Fsp3) is 0.0769. The molecule has 2 rings (SSSR count). The van der Waals surface area contributed by atoms with Crippen molar-refractivity contribution in [2.24, 2.45) is 0 Å². The van der Waals surface area contributed by atoms with Gasteiger partial charge in [0.05, 0.1) is 9.85 Å². The van der Waals surface area contributed by atoms with Gasteiger partial charge in [0.1, 0.15) is 5.82 Å². The molecule has 0 amide bonds. The SMILES string of the molecule is Fc1cc(Br)c(Cl)cc1C(Br)c1cccc(Br)c1. The average molecular weight is 457 g/mol. The second-order valence-electron chi connectivity index (χ2n) is 3.71. The molecule has 0 bridgehead atoms. The average Bonchev–Trinajstić information content (AvgIpc) is 2.33. The van der Waals surface area contributed by atoms with Crippen LogP contribution in [0, 0.1) is 5.82 Å². The molecule has 0 aromatic heterocycles. The van der Waals surface area contributed by atoms with Crippen LogP contribution in [0.2, 0.25) is 5.02 Å². The van der Waals surface area contributed by atoms with E-state index < -0.39 is 0 Å². The van der Waals surface area contributed by atoms with Crippen LogP contribution in [0.1, 0.15) is 16.0 Å². The van der Waals surface area contributed by atoms with Crippen molar-refractivity contribution in [3.05, 3.63) is 67.3 Å². The van der Waals surface area contributed by atoms with Crippen LogP contribution in [0.15, 0.2) is 45.3 Å². The van der Waals surface area contributed by atoms with Crippen LogP contribution in [0.4, 0.5) is 4.39 Å². The van der Waals surface area contributed by atoms with E-state index in [1.165, 1.54) is 6.07 Å². The molecule has 2 aromatic carbocycles. The summed E-state index contributed by atoms with van der Waals surface area (Å²) in [5, 5.41) is 0.492. The summed E-state index contributed by atoms with van der Waals surface area (Å²) in [7, 11) is 0. The largest absolute Gasteiger partial charge is 0.207 e. The summed E-state index contributed by atoms with van der Waals surface area (Å²) in [6.45, 7) is 0. The Bertz CT molecular complexity index is 586. The monoisotopic (exact) mass is 454 g/mol. The maximum absolute atomic E-state index is 13.9. The Morgan fingerprint density at radius 2 is 1.83 bits per heavy atom. The molecule has 1 atom stereocenters. The van der Waals surface area contributed by atoms with Crippen LogP contribution < -0.4 is 0 Å². The Balaban J connectivity index is 2.46. The van der Waals surface area contributed by atoms with Gasteiger partial charge in [0.15, 0.2) is 0 Å². The first-order chi connectivity index (χ1) is 8.49. The molecule has 0 aliphatic rings. The number of hydrogen-bond donors (Lipinski definition) is 0. The van der Waals surface area contributed by atoms with Gasteiger partial charge in [-0.15, -0.1) is 0 Å². The van der Waals surface area contributed by atoms with Gasteiger partial charge in [0.25, 0.3) is 0 Å². The molecule has 0 radical (unpaired) electrons. The minimum Gasteiger partial charge on any atom is -0.207 e. The highest BCUT2D eigenvalue weighted by molar-refractivity contribution is 9.11. The molecular weight excluding hydrogens is 450 g/mol. The van der Waals surface area contributed by atoms with Gasteiger partial charge in [-0.1, -0.05) is 55.6 Å². The molecule has 0 saturated carbocycles. The van der Waals surface area contributed by atoms with E-state index in [9.17, 15) is 4.39 Å². The molecule has 0 N–H and O–H groups in total. The van der Waals surface area contributed by atoms with Gasteiger partial charge in [0, 0.05) is 14.5 Å². The van der Waals surface area contributed by atoms with Crippen molar-refractivity contribution < 1.29 is 4.39 Å². The van der Waals surface area contributed by atoms with Gasteiger partial charge < -0.3 is 0 Å². The van der Waals surface area contributed by atoms with Crippen molar-refractivity contribution >= 4 is 59.4 Å². The molecule has 18 heavy (non-hydrogen) atoms. The lowest BCUT2D eigenvalue weighted by Crippen LogP contribution is -1.97. The Hall–Kier alpha value is 0.1000. The Morgan fingerprint density at radius 1 is 1.11 bits per heavy atom. The highest BCUT2D eigenvalue weighted by atomic mass is 79.9. The zero-order chi connectivity index (χ0) is 13.3. The summed E-state index contributed by atoms with van der Waals surface area (Å²) in [6.07, 6.45) is 0. The molecule has 94 valence electrons. The minimum atomic E-state index is -0.298. The van der Waals surface area contributed by atoms with Crippen LogP contribution in [-0.2, 0) is 0 Å². The van der Waals surface area contributed by atoms with E-state index in [0.717, 1.165) is 10.0 Å².